The van der Waals surface area contributed by atoms with Crippen LogP contribution in [0.15, 0.2) is 0 Å². The molecule has 0 spiro atoms. The molecule has 0 bridgehead atoms. The minimum atomic E-state index is 0.0989. The van der Waals surface area contributed by atoms with Gasteiger partial charge in [0.25, 0.3) is 0 Å². The number of rotatable bonds is 4. The number of nitrogens with zero attached hydrogens (tertiary/aromatic N) is 1. The molecule has 0 radical (unpaired) electrons. The standard InChI is InChI=1S/C16H26N2O3/c19-15-9-12(11-18(15)14-3-1-2-4-14)10-17-16(20)13-5-7-21-8-6-13/h12-14H,1-11H2,(H,17,20)/t12-/m0/s1. The highest BCUT2D eigenvalue weighted by Crippen LogP contribution is 2.29. The Kier molecular flexibility index (Phi) is 4.78. The quantitative estimate of drug-likeness (QED) is 0.851. The van der Waals surface area contributed by atoms with Crippen molar-refractivity contribution in [3.63, 3.8) is 0 Å². The van der Waals surface area contributed by atoms with Crippen molar-refractivity contribution < 1.29 is 14.3 Å². The molecule has 0 aromatic rings. The Morgan fingerprint density at radius 2 is 1.90 bits per heavy atom. The van der Waals surface area contributed by atoms with E-state index in [0.29, 0.717) is 38.1 Å². The highest BCUT2D eigenvalue weighted by Gasteiger charge is 2.35. The van der Waals surface area contributed by atoms with Crippen LogP contribution in [0.25, 0.3) is 0 Å². The van der Waals surface area contributed by atoms with Crippen LogP contribution < -0.4 is 5.32 Å². The summed E-state index contributed by atoms with van der Waals surface area (Å²) in [6, 6.07) is 0.466. The van der Waals surface area contributed by atoms with E-state index < -0.39 is 0 Å². The third-order valence-corrected chi connectivity index (χ3v) is 5.16. The molecule has 2 amide bonds. The molecule has 2 heterocycles. The molecule has 3 aliphatic rings. The maximum Gasteiger partial charge on any atom is 0.223 e. The summed E-state index contributed by atoms with van der Waals surface area (Å²) in [5.74, 6) is 0.820. The van der Waals surface area contributed by atoms with Crippen molar-refractivity contribution in [1.82, 2.24) is 10.2 Å². The van der Waals surface area contributed by atoms with E-state index >= 15 is 0 Å². The van der Waals surface area contributed by atoms with Crippen LogP contribution in [0, 0.1) is 11.8 Å². The molecular formula is C16H26N2O3. The second-order valence-corrected chi connectivity index (χ2v) is 6.69. The van der Waals surface area contributed by atoms with Crippen LogP contribution in [0.1, 0.15) is 44.9 Å². The molecule has 21 heavy (non-hydrogen) atoms. The fourth-order valence-electron chi connectivity index (χ4n) is 3.86. The molecule has 1 saturated carbocycles. The van der Waals surface area contributed by atoms with Gasteiger partial charge in [0.05, 0.1) is 0 Å². The monoisotopic (exact) mass is 294 g/mol. The Labute approximate surface area is 126 Å². The van der Waals surface area contributed by atoms with Gasteiger partial charge < -0.3 is 15.0 Å². The molecule has 2 saturated heterocycles. The predicted molar refractivity (Wildman–Crippen MR) is 78.6 cm³/mol. The van der Waals surface area contributed by atoms with Crippen molar-refractivity contribution in [1.29, 1.82) is 0 Å². The van der Waals surface area contributed by atoms with Crippen molar-refractivity contribution in [2.24, 2.45) is 11.8 Å². The summed E-state index contributed by atoms with van der Waals surface area (Å²) < 4.78 is 5.28. The second kappa shape index (κ2) is 6.77. The molecule has 3 rings (SSSR count). The summed E-state index contributed by atoms with van der Waals surface area (Å²) in [5.41, 5.74) is 0. The normalized spacial score (nSPS) is 28.3. The van der Waals surface area contributed by atoms with E-state index in [0.717, 1.165) is 32.2 Å². The van der Waals surface area contributed by atoms with Gasteiger partial charge in [0.1, 0.15) is 0 Å². The minimum Gasteiger partial charge on any atom is -0.381 e. The molecule has 0 aromatic carbocycles. The summed E-state index contributed by atoms with van der Waals surface area (Å²) in [4.78, 5) is 26.3. The lowest BCUT2D eigenvalue weighted by atomic mass is 9.99. The molecule has 1 N–H and O–H groups in total. The van der Waals surface area contributed by atoms with Crippen LogP contribution in [0.3, 0.4) is 0 Å². The van der Waals surface area contributed by atoms with Gasteiger partial charge in [-0.25, -0.2) is 0 Å². The zero-order valence-corrected chi connectivity index (χ0v) is 12.7. The fourth-order valence-corrected chi connectivity index (χ4v) is 3.86. The Morgan fingerprint density at radius 1 is 1.19 bits per heavy atom. The molecular weight excluding hydrogens is 268 g/mol. The third kappa shape index (κ3) is 3.57. The maximum absolute atomic E-state index is 12.1. The topological polar surface area (TPSA) is 58.6 Å². The number of hydrogen-bond donors (Lipinski definition) is 1. The number of likely N-dealkylation sites (tertiary alicyclic amines) is 1. The molecule has 1 aliphatic carbocycles. The first kappa shape index (κ1) is 14.8. The largest absolute Gasteiger partial charge is 0.381 e. The fraction of sp³-hybridized carbons (Fsp3) is 0.875. The number of amides is 2. The molecule has 0 aromatic heterocycles. The van der Waals surface area contributed by atoms with Crippen molar-refractivity contribution in [3.05, 3.63) is 0 Å². The summed E-state index contributed by atoms with van der Waals surface area (Å²) in [5, 5.41) is 3.05. The van der Waals surface area contributed by atoms with Crippen LogP contribution in [-0.4, -0.2) is 49.1 Å². The Bertz CT molecular complexity index is 387. The van der Waals surface area contributed by atoms with Gasteiger partial charge in [-0.15, -0.1) is 0 Å². The van der Waals surface area contributed by atoms with E-state index in [1.165, 1.54) is 12.8 Å². The molecule has 5 heteroatoms. The van der Waals surface area contributed by atoms with E-state index in [1.54, 1.807) is 0 Å². The van der Waals surface area contributed by atoms with Gasteiger partial charge in [0, 0.05) is 50.6 Å². The SMILES string of the molecule is O=C(NC[C@@H]1CC(=O)N(C2CCCC2)C1)C1CCOCC1. The average molecular weight is 294 g/mol. The highest BCUT2D eigenvalue weighted by molar-refractivity contribution is 5.80. The molecule has 3 fully saturated rings. The van der Waals surface area contributed by atoms with Gasteiger partial charge in [0.15, 0.2) is 0 Å². The lowest BCUT2D eigenvalue weighted by molar-refractivity contribution is -0.130. The first-order chi connectivity index (χ1) is 10.2. The van der Waals surface area contributed by atoms with E-state index in [-0.39, 0.29) is 17.7 Å². The third-order valence-electron chi connectivity index (χ3n) is 5.16. The number of carbonyl (C=O) groups excluding carboxylic acids is 2. The smallest absolute Gasteiger partial charge is 0.223 e. The van der Waals surface area contributed by atoms with Crippen LogP contribution in [0.2, 0.25) is 0 Å². The number of ether oxygens (including phenoxy) is 1. The zero-order chi connectivity index (χ0) is 14.7. The summed E-state index contributed by atoms with van der Waals surface area (Å²) in [6.45, 7) is 2.85. The van der Waals surface area contributed by atoms with Gasteiger partial charge in [-0.2, -0.15) is 0 Å². The first-order valence-electron chi connectivity index (χ1n) is 8.39. The lowest BCUT2D eigenvalue weighted by Crippen LogP contribution is -2.38. The summed E-state index contributed by atoms with van der Waals surface area (Å²) in [6.07, 6.45) is 7.07. The highest BCUT2D eigenvalue weighted by atomic mass is 16.5. The van der Waals surface area contributed by atoms with Crippen LogP contribution in [-0.2, 0) is 14.3 Å². The van der Waals surface area contributed by atoms with Crippen molar-refractivity contribution >= 4 is 11.8 Å². The Morgan fingerprint density at radius 3 is 2.62 bits per heavy atom. The Balaban J connectivity index is 1.43. The second-order valence-electron chi connectivity index (χ2n) is 6.69. The van der Waals surface area contributed by atoms with E-state index in [1.807, 2.05) is 0 Å². The molecule has 2 aliphatic heterocycles. The molecule has 5 nitrogen and oxygen atoms in total. The maximum atomic E-state index is 12.1. The first-order valence-corrected chi connectivity index (χ1v) is 8.39. The van der Waals surface area contributed by atoms with E-state index in [9.17, 15) is 9.59 Å². The van der Waals surface area contributed by atoms with Crippen LogP contribution >= 0.6 is 0 Å². The number of nitrogens with one attached hydrogen (secondary N) is 1. The van der Waals surface area contributed by atoms with Gasteiger partial charge in [0.2, 0.25) is 11.8 Å². The summed E-state index contributed by atoms with van der Waals surface area (Å²) >= 11 is 0. The molecule has 0 unspecified atom stereocenters. The van der Waals surface area contributed by atoms with Crippen LogP contribution in [0.5, 0.6) is 0 Å². The Hall–Kier alpha value is -1.10. The van der Waals surface area contributed by atoms with E-state index in [2.05, 4.69) is 10.2 Å². The van der Waals surface area contributed by atoms with Gasteiger partial charge in [-0.1, -0.05) is 12.8 Å². The van der Waals surface area contributed by atoms with Crippen LogP contribution in [0.4, 0.5) is 0 Å². The van der Waals surface area contributed by atoms with Gasteiger partial charge in [-0.3, -0.25) is 9.59 Å². The summed E-state index contributed by atoms with van der Waals surface area (Å²) in [7, 11) is 0. The van der Waals surface area contributed by atoms with Gasteiger partial charge >= 0.3 is 0 Å². The number of hydrogen-bond acceptors (Lipinski definition) is 3. The van der Waals surface area contributed by atoms with Gasteiger partial charge in [-0.05, 0) is 25.7 Å². The van der Waals surface area contributed by atoms with Crippen molar-refractivity contribution in [2.75, 3.05) is 26.3 Å². The van der Waals surface area contributed by atoms with E-state index in [4.69, 9.17) is 4.74 Å². The minimum absolute atomic E-state index is 0.0989. The predicted octanol–water partition coefficient (Wildman–Crippen LogP) is 1.32. The van der Waals surface area contributed by atoms with Crippen molar-refractivity contribution in [3.8, 4) is 0 Å². The molecule has 1 atom stereocenters. The van der Waals surface area contributed by atoms with Crippen molar-refractivity contribution in [2.45, 2.75) is 51.0 Å². The molecule has 118 valence electrons. The lowest BCUT2D eigenvalue weighted by Gasteiger charge is -2.24. The average Bonchev–Trinajstić information content (AvgIpc) is 3.15. The zero-order valence-electron chi connectivity index (χ0n) is 12.7. The number of carbonyl (C=O) groups is 2.